The Hall–Kier alpha value is -3.75. The Morgan fingerprint density at radius 1 is 1.09 bits per heavy atom. The number of aryl methyl sites for hydroxylation is 1. The standard InChI is InChI=1S/C24H19N5O2S/c1-14-22-19(27-29(23(22)31)24-26-18-8-4-5-9-20(18)32-24)12-21(30)28(14)11-10-15-13-25-17-7-3-2-6-16(15)17/h2-9,12-13,25,27H,10-11H2,1H3/p+1. The topological polar surface area (TPSA) is 84.2 Å². The highest BCUT2D eigenvalue weighted by atomic mass is 32.1. The minimum Gasteiger partial charge on any atom is -0.361 e. The summed E-state index contributed by atoms with van der Waals surface area (Å²) < 4.78 is 2.72. The Balaban J connectivity index is 1.33. The van der Waals surface area contributed by atoms with E-state index in [-0.39, 0.29) is 11.5 Å². The van der Waals surface area contributed by atoms with E-state index in [1.54, 1.807) is 4.57 Å². The number of carbonyl (C=O) groups is 1. The Morgan fingerprint density at radius 2 is 1.91 bits per heavy atom. The smallest absolute Gasteiger partial charge is 0.361 e. The molecule has 1 aliphatic heterocycles. The molecule has 0 radical (unpaired) electrons. The third-order valence-corrected chi connectivity index (χ3v) is 7.12. The lowest BCUT2D eigenvalue weighted by Crippen LogP contribution is -3.11. The van der Waals surface area contributed by atoms with Crippen LogP contribution in [0.4, 0.5) is 10.8 Å². The Morgan fingerprint density at radius 3 is 2.78 bits per heavy atom. The zero-order valence-electron chi connectivity index (χ0n) is 17.3. The molecular formula is C24H20N5O2S+. The maximum Gasteiger partial charge on any atom is 0.379 e. The zero-order valence-corrected chi connectivity index (χ0v) is 18.1. The van der Waals surface area contributed by atoms with Crippen molar-refractivity contribution in [3.8, 4) is 0 Å². The number of quaternary nitrogens is 1. The van der Waals surface area contributed by atoms with Gasteiger partial charge in [-0.2, -0.15) is 4.98 Å². The second kappa shape index (κ2) is 7.15. The van der Waals surface area contributed by atoms with Gasteiger partial charge in [-0.3, -0.25) is 4.79 Å². The number of H-pyrrole nitrogens is 1. The summed E-state index contributed by atoms with van der Waals surface area (Å²) in [4.78, 5) is 34.1. The number of nitrogens with zero attached hydrogens (tertiary/aromatic N) is 2. The molecule has 0 bridgehead atoms. The SMILES string of the molecule is Cc1c2c(cc(=O)n1CCc1c[nH]c3ccccc13)N[NH+](c1nc3ccccc3s1)C2=O. The summed E-state index contributed by atoms with van der Waals surface area (Å²) in [5.41, 5.74) is 7.93. The fraction of sp³-hybridized carbons (Fsp3) is 0.125. The van der Waals surface area contributed by atoms with E-state index in [0.717, 1.165) is 26.7 Å². The lowest BCUT2D eigenvalue weighted by atomic mass is 10.1. The van der Waals surface area contributed by atoms with Gasteiger partial charge in [0.15, 0.2) is 0 Å². The molecule has 0 fully saturated rings. The van der Waals surface area contributed by atoms with Gasteiger partial charge in [0.25, 0.3) is 5.56 Å². The lowest BCUT2D eigenvalue weighted by molar-refractivity contribution is -0.709. The molecule has 1 unspecified atom stereocenters. The molecule has 2 aromatic carbocycles. The van der Waals surface area contributed by atoms with Gasteiger partial charge in [0.1, 0.15) is 11.3 Å². The van der Waals surface area contributed by atoms with E-state index in [2.05, 4.69) is 21.5 Å². The predicted molar refractivity (Wildman–Crippen MR) is 126 cm³/mol. The van der Waals surface area contributed by atoms with Crippen LogP contribution in [0, 0.1) is 6.92 Å². The van der Waals surface area contributed by atoms with Crippen LogP contribution in [0.25, 0.3) is 21.1 Å². The third-order valence-electron chi connectivity index (χ3n) is 6.07. The van der Waals surface area contributed by atoms with Crippen molar-refractivity contribution in [2.45, 2.75) is 19.9 Å². The minimum absolute atomic E-state index is 0.114. The predicted octanol–water partition coefficient (Wildman–Crippen LogP) is 3.19. The van der Waals surface area contributed by atoms with E-state index >= 15 is 0 Å². The summed E-state index contributed by atoms with van der Waals surface area (Å²) in [6.07, 6.45) is 2.68. The number of benzene rings is 2. The van der Waals surface area contributed by atoms with Crippen LogP contribution >= 0.6 is 11.3 Å². The van der Waals surface area contributed by atoms with Crippen LogP contribution in [0.1, 0.15) is 21.6 Å². The molecule has 0 spiro atoms. The summed E-state index contributed by atoms with van der Waals surface area (Å²) in [6, 6.07) is 17.5. The van der Waals surface area contributed by atoms with Gasteiger partial charge in [0, 0.05) is 35.4 Å². The van der Waals surface area contributed by atoms with Gasteiger partial charge >= 0.3 is 11.0 Å². The molecule has 5 aromatic rings. The van der Waals surface area contributed by atoms with Crippen LogP contribution in [0.3, 0.4) is 0 Å². The van der Waals surface area contributed by atoms with Crippen molar-refractivity contribution in [2.75, 3.05) is 5.43 Å². The summed E-state index contributed by atoms with van der Waals surface area (Å²) in [7, 11) is 0. The molecule has 32 heavy (non-hydrogen) atoms. The average Bonchev–Trinajstić information content (AvgIpc) is 3.48. The summed E-state index contributed by atoms with van der Waals surface area (Å²) in [5.74, 6) is -0.114. The fourth-order valence-electron chi connectivity index (χ4n) is 4.45. The maximum atomic E-state index is 13.3. The number of rotatable bonds is 4. The fourth-order valence-corrected chi connectivity index (χ4v) is 5.41. The number of thiazole rings is 1. The maximum absolute atomic E-state index is 13.3. The molecule has 0 saturated carbocycles. The number of fused-ring (bicyclic) bond motifs is 3. The molecule has 7 nitrogen and oxygen atoms in total. The average molecular weight is 443 g/mol. The first-order valence-electron chi connectivity index (χ1n) is 10.4. The van der Waals surface area contributed by atoms with Crippen molar-refractivity contribution in [1.82, 2.24) is 14.5 Å². The summed E-state index contributed by atoms with van der Waals surface area (Å²) in [5, 5.41) is 2.24. The first kappa shape index (κ1) is 19.0. The molecule has 3 N–H and O–H groups in total. The number of hydrogen-bond donors (Lipinski definition) is 3. The van der Waals surface area contributed by atoms with E-state index in [1.807, 2.05) is 55.6 Å². The minimum atomic E-state index is -0.119. The van der Waals surface area contributed by atoms with Crippen LogP contribution in [-0.4, -0.2) is 20.4 Å². The van der Waals surface area contributed by atoms with Gasteiger partial charge in [-0.25, -0.2) is 10.2 Å². The number of para-hydroxylation sites is 2. The van der Waals surface area contributed by atoms with Gasteiger partial charge in [-0.05, 0) is 37.1 Å². The molecule has 4 heterocycles. The number of aromatic amines is 1. The van der Waals surface area contributed by atoms with E-state index < -0.39 is 0 Å². The number of carbonyl (C=O) groups excluding carboxylic acids is 1. The third kappa shape index (κ3) is 2.88. The van der Waals surface area contributed by atoms with Crippen LogP contribution in [-0.2, 0) is 13.0 Å². The highest BCUT2D eigenvalue weighted by molar-refractivity contribution is 7.21. The lowest BCUT2D eigenvalue weighted by Gasteiger charge is -2.11. The first-order valence-corrected chi connectivity index (χ1v) is 11.3. The van der Waals surface area contributed by atoms with Gasteiger partial charge in [0.05, 0.1) is 10.2 Å². The molecule has 8 heteroatoms. The zero-order chi connectivity index (χ0) is 21.8. The quantitative estimate of drug-likeness (QED) is 0.399. The molecule has 1 aliphatic rings. The molecule has 158 valence electrons. The number of amides is 1. The van der Waals surface area contributed by atoms with Crippen molar-refractivity contribution < 1.29 is 9.80 Å². The summed E-state index contributed by atoms with van der Waals surface area (Å²) >= 11 is 1.47. The van der Waals surface area contributed by atoms with Gasteiger partial charge in [-0.1, -0.05) is 41.7 Å². The molecular weight excluding hydrogens is 422 g/mol. The molecule has 1 atom stereocenters. The Kier molecular flexibility index (Phi) is 4.24. The molecule has 1 amide bonds. The first-order chi connectivity index (χ1) is 15.6. The van der Waals surface area contributed by atoms with Crippen molar-refractivity contribution >= 4 is 49.2 Å². The Bertz CT molecular complexity index is 1550. The molecule has 6 rings (SSSR count). The number of pyridine rings is 1. The van der Waals surface area contributed by atoms with Crippen molar-refractivity contribution in [3.63, 3.8) is 0 Å². The van der Waals surface area contributed by atoms with Crippen molar-refractivity contribution in [1.29, 1.82) is 0 Å². The van der Waals surface area contributed by atoms with Gasteiger partial charge < -0.3 is 9.55 Å². The van der Waals surface area contributed by atoms with E-state index in [9.17, 15) is 9.59 Å². The number of nitrogens with one attached hydrogen (secondary N) is 3. The van der Waals surface area contributed by atoms with E-state index in [1.165, 1.54) is 17.4 Å². The number of hydrogen-bond acceptors (Lipinski definition) is 5. The highest BCUT2D eigenvalue weighted by Gasteiger charge is 2.39. The van der Waals surface area contributed by atoms with E-state index in [0.29, 0.717) is 40.1 Å². The van der Waals surface area contributed by atoms with Crippen molar-refractivity contribution in [3.05, 3.63) is 88.0 Å². The van der Waals surface area contributed by atoms with Crippen LogP contribution in [0.15, 0.2) is 65.6 Å². The van der Waals surface area contributed by atoms with Gasteiger partial charge in [0.2, 0.25) is 0 Å². The molecule has 3 aromatic heterocycles. The normalized spacial score (nSPS) is 15.4. The van der Waals surface area contributed by atoms with Gasteiger partial charge in [-0.15, -0.1) is 5.01 Å². The van der Waals surface area contributed by atoms with Crippen molar-refractivity contribution in [2.24, 2.45) is 0 Å². The highest BCUT2D eigenvalue weighted by Crippen LogP contribution is 2.26. The largest absolute Gasteiger partial charge is 0.379 e. The number of aromatic nitrogens is 3. The molecule has 0 aliphatic carbocycles. The monoisotopic (exact) mass is 442 g/mol. The molecule has 0 saturated heterocycles. The second-order valence-electron chi connectivity index (χ2n) is 7.93. The summed E-state index contributed by atoms with van der Waals surface area (Å²) in [6.45, 7) is 2.35. The van der Waals surface area contributed by atoms with Crippen LogP contribution < -0.4 is 16.0 Å². The number of anilines is 1. The van der Waals surface area contributed by atoms with Crippen LogP contribution in [0.2, 0.25) is 0 Å². The second-order valence-corrected chi connectivity index (χ2v) is 8.96. The Labute approximate surface area is 186 Å². The van der Waals surface area contributed by atoms with Crippen LogP contribution in [0.5, 0.6) is 0 Å². The van der Waals surface area contributed by atoms with E-state index in [4.69, 9.17) is 0 Å².